The lowest BCUT2D eigenvalue weighted by atomic mass is 9.95. The zero-order valence-corrected chi connectivity index (χ0v) is 12.1. The van der Waals surface area contributed by atoms with E-state index in [1.54, 1.807) is 4.90 Å². The van der Waals surface area contributed by atoms with Crippen LogP contribution in [0.3, 0.4) is 0 Å². The van der Waals surface area contributed by atoms with Crippen LogP contribution in [-0.4, -0.2) is 35.2 Å². The van der Waals surface area contributed by atoms with Gasteiger partial charge in [-0.15, -0.1) is 0 Å². The molecule has 6 heteroatoms. The van der Waals surface area contributed by atoms with E-state index < -0.39 is 6.04 Å². The molecule has 0 radical (unpaired) electrons. The topological polar surface area (TPSA) is 78.5 Å². The number of carbonyl (C=O) groups is 3. The fourth-order valence-electron chi connectivity index (χ4n) is 3.55. The first kappa shape index (κ1) is 13.5. The van der Waals surface area contributed by atoms with Gasteiger partial charge in [0, 0.05) is 25.1 Å². The molecule has 114 valence electrons. The number of nitrogens with zero attached hydrogens (tertiary/aromatic N) is 1. The summed E-state index contributed by atoms with van der Waals surface area (Å²) in [6.45, 7) is 2.21. The van der Waals surface area contributed by atoms with Crippen LogP contribution in [0, 0.1) is 0 Å². The number of nitrogens with one attached hydrogen (secondary N) is 2. The van der Waals surface area contributed by atoms with Crippen molar-refractivity contribution in [3.05, 3.63) is 34.4 Å². The Morgan fingerprint density at radius 1 is 1.05 bits per heavy atom. The molecule has 0 unspecified atom stereocenters. The highest BCUT2D eigenvalue weighted by Crippen LogP contribution is 2.30. The van der Waals surface area contributed by atoms with Crippen LogP contribution >= 0.6 is 0 Å². The lowest BCUT2D eigenvalue weighted by Gasteiger charge is -2.29. The van der Waals surface area contributed by atoms with Crippen molar-refractivity contribution in [2.75, 3.05) is 6.54 Å². The molecule has 1 fully saturated rings. The first-order chi connectivity index (χ1) is 10.6. The number of piperidine rings is 1. The quantitative estimate of drug-likeness (QED) is 0.721. The van der Waals surface area contributed by atoms with Crippen LogP contribution in [0.1, 0.15) is 39.9 Å². The van der Waals surface area contributed by atoms with Gasteiger partial charge in [0.2, 0.25) is 11.8 Å². The highest BCUT2D eigenvalue weighted by Gasteiger charge is 2.39. The molecular formula is C16H17N3O3. The van der Waals surface area contributed by atoms with Gasteiger partial charge in [-0.25, -0.2) is 0 Å². The fraction of sp³-hybridized carbons (Fsp3) is 0.438. The van der Waals surface area contributed by atoms with Gasteiger partial charge in [0.1, 0.15) is 6.04 Å². The van der Waals surface area contributed by atoms with E-state index in [0.29, 0.717) is 18.5 Å². The molecule has 4 rings (SSSR count). The van der Waals surface area contributed by atoms with Crippen LogP contribution in [0.5, 0.6) is 0 Å². The summed E-state index contributed by atoms with van der Waals surface area (Å²) in [6.07, 6.45) is 1.62. The van der Waals surface area contributed by atoms with E-state index in [1.807, 2.05) is 6.07 Å². The summed E-state index contributed by atoms with van der Waals surface area (Å²) in [7, 11) is 0. The molecule has 2 N–H and O–H groups in total. The zero-order valence-electron chi connectivity index (χ0n) is 12.1. The number of fused-ring (bicyclic) bond motifs is 2. The number of amides is 3. The first-order valence-corrected chi connectivity index (χ1v) is 7.63. The van der Waals surface area contributed by atoms with Gasteiger partial charge in [-0.3, -0.25) is 19.7 Å². The van der Waals surface area contributed by atoms with Crippen LogP contribution < -0.4 is 10.6 Å². The Morgan fingerprint density at radius 2 is 1.91 bits per heavy atom. The third-order valence-corrected chi connectivity index (χ3v) is 4.73. The maximum atomic E-state index is 12.7. The second-order valence-electron chi connectivity index (χ2n) is 6.10. The second-order valence-corrected chi connectivity index (χ2v) is 6.10. The third kappa shape index (κ3) is 2.02. The minimum absolute atomic E-state index is 0.0918. The van der Waals surface area contributed by atoms with Gasteiger partial charge >= 0.3 is 0 Å². The molecule has 6 nitrogen and oxygen atoms in total. The van der Waals surface area contributed by atoms with E-state index in [4.69, 9.17) is 0 Å². The van der Waals surface area contributed by atoms with Crippen LogP contribution in [0.25, 0.3) is 0 Å². The van der Waals surface area contributed by atoms with Gasteiger partial charge in [0.05, 0.1) is 0 Å². The van der Waals surface area contributed by atoms with E-state index in [2.05, 4.69) is 16.7 Å². The lowest BCUT2D eigenvalue weighted by Crippen LogP contribution is -2.52. The molecule has 0 aliphatic carbocycles. The Morgan fingerprint density at radius 3 is 2.73 bits per heavy atom. The van der Waals surface area contributed by atoms with Gasteiger partial charge < -0.3 is 10.2 Å². The zero-order chi connectivity index (χ0) is 15.3. The smallest absolute Gasteiger partial charge is 0.255 e. The molecule has 0 aromatic heterocycles. The number of hydrogen-bond acceptors (Lipinski definition) is 4. The summed E-state index contributed by atoms with van der Waals surface area (Å²) in [5.74, 6) is -0.707. The number of carbonyl (C=O) groups excluding carboxylic acids is 3. The predicted octanol–water partition coefficient (Wildman–Crippen LogP) is 0.0933. The van der Waals surface area contributed by atoms with Gasteiger partial charge in [-0.2, -0.15) is 0 Å². The van der Waals surface area contributed by atoms with E-state index in [9.17, 15) is 14.4 Å². The minimum Gasteiger partial charge on any atom is -0.322 e. The fourth-order valence-corrected chi connectivity index (χ4v) is 3.55. The van der Waals surface area contributed by atoms with Crippen LogP contribution in [0.4, 0.5) is 0 Å². The predicted molar refractivity (Wildman–Crippen MR) is 77.9 cm³/mol. The van der Waals surface area contributed by atoms with Gasteiger partial charge in [-0.1, -0.05) is 6.07 Å². The minimum atomic E-state index is -0.534. The number of rotatable bonds is 1. The highest BCUT2D eigenvalue weighted by molar-refractivity contribution is 6.05. The monoisotopic (exact) mass is 299 g/mol. The Hall–Kier alpha value is -2.21. The Bertz CT molecular complexity index is 698. The summed E-state index contributed by atoms with van der Waals surface area (Å²) < 4.78 is 0. The molecule has 22 heavy (non-hydrogen) atoms. The molecule has 0 bridgehead atoms. The third-order valence-electron chi connectivity index (χ3n) is 4.73. The maximum absolute atomic E-state index is 12.7. The molecule has 3 aliphatic rings. The molecule has 1 atom stereocenters. The van der Waals surface area contributed by atoms with Crippen molar-refractivity contribution in [1.82, 2.24) is 15.5 Å². The summed E-state index contributed by atoms with van der Waals surface area (Å²) >= 11 is 0. The summed E-state index contributed by atoms with van der Waals surface area (Å²) in [5.41, 5.74) is 4.15. The van der Waals surface area contributed by atoms with Crippen LogP contribution in [-0.2, 0) is 29.1 Å². The maximum Gasteiger partial charge on any atom is 0.255 e. The SMILES string of the molecule is O=C1CC[C@@H](N2Cc3cc4c(cc3C2=O)CCNC4)C(=O)N1. The Balaban J connectivity index is 1.64. The average molecular weight is 299 g/mol. The number of benzene rings is 1. The van der Waals surface area contributed by atoms with Gasteiger partial charge in [-0.05, 0) is 42.1 Å². The van der Waals surface area contributed by atoms with Crippen molar-refractivity contribution in [3.8, 4) is 0 Å². The largest absolute Gasteiger partial charge is 0.322 e. The van der Waals surface area contributed by atoms with Crippen LogP contribution in [0.15, 0.2) is 12.1 Å². The van der Waals surface area contributed by atoms with Crippen molar-refractivity contribution in [2.24, 2.45) is 0 Å². The number of hydrogen-bond donors (Lipinski definition) is 2. The summed E-state index contributed by atoms with van der Waals surface area (Å²) in [5, 5.41) is 5.66. The molecular weight excluding hydrogens is 282 g/mol. The van der Waals surface area contributed by atoms with Crippen molar-refractivity contribution in [2.45, 2.75) is 38.4 Å². The van der Waals surface area contributed by atoms with Gasteiger partial charge in [0.15, 0.2) is 0 Å². The Kier molecular flexibility index (Phi) is 3.00. The standard InChI is InChI=1S/C16H17N3O3/c20-14-2-1-13(15(21)18-14)19-8-11-5-10-7-17-4-3-9(10)6-12(11)16(19)22/h5-6,13,17H,1-4,7-8H2,(H,18,20,21)/t13-/m1/s1. The van der Waals surface area contributed by atoms with Crippen molar-refractivity contribution in [1.29, 1.82) is 0 Å². The molecule has 1 saturated heterocycles. The lowest BCUT2D eigenvalue weighted by molar-refractivity contribution is -0.136. The van der Waals surface area contributed by atoms with Crippen molar-refractivity contribution in [3.63, 3.8) is 0 Å². The first-order valence-electron chi connectivity index (χ1n) is 7.63. The van der Waals surface area contributed by atoms with Crippen LogP contribution in [0.2, 0.25) is 0 Å². The van der Waals surface area contributed by atoms with E-state index in [0.717, 1.165) is 25.1 Å². The molecule has 3 heterocycles. The molecule has 3 amide bonds. The van der Waals surface area contributed by atoms with E-state index in [-0.39, 0.29) is 24.1 Å². The van der Waals surface area contributed by atoms with E-state index in [1.165, 1.54) is 11.1 Å². The molecule has 3 aliphatic heterocycles. The summed E-state index contributed by atoms with van der Waals surface area (Å²) in [4.78, 5) is 37.5. The van der Waals surface area contributed by atoms with Crippen molar-refractivity contribution >= 4 is 17.7 Å². The van der Waals surface area contributed by atoms with Crippen molar-refractivity contribution < 1.29 is 14.4 Å². The normalized spacial score (nSPS) is 24.1. The van der Waals surface area contributed by atoms with Gasteiger partial charge in [0.25, 0.3) is 5.91 Å². The molecule has 1 aromatic rings. The highest BCUT2D eigenvalue weighted by atomic mass is 16.2. The van der Waals surface area contributed by atoms with E-state index >= 15 is 0 Å². The summed E-state index contributed by atoms with van der Waals surface area (Å²) in [6, 6.07) is 3.54. The number of imide groups is 1. The molecule has 0 saturated carbocycles. The molecule has 1 aromatic carbocycles. The Labute approximate surface area is 127 Å². The average Bonchev–Trinajstić information content (AvgIpc) is 2.82. The molecule has 0 spiro atoms. The second kappa shape index (κ2) is 4.91.